The van der Waals surface area contributed by atoms with Crippen LogP contribution in [0, 0.1) is 6.92 Å². The summed E-state index contributed by atoms with van der Waals surface area (Å²) in [6, 6.07) is 7.64. The first-order valence-electron chi connectivity index (χ1n) is 6.80. The van der Waals surface area contributed by atoms with E-state index in [1.165, 1.54) is 6.08 Å². The van der Waals surface area contributed by atoms with Crippen molar-refractivity contribution in [2.24, 2.45) is 0 Å². The van der Waals surface area contributed by atoms with Crippen LogP contribution in [-0.4, -0.2) is 17.8 Å². The number of nitrogens with one attached hydrogen (secondary N) is 1. The standard InChI is InChI=1S/C16H10Br2N2O4/c1-8-2-4-9(5-3-8)20-15(22)11(14(21)19-16(20)23)6-10-7-12(17)13(18)24-10/h2-7H,1H3,(H,19,21,23). The molecule has 1 aromatic heterocycles. The molecular formula is C16H10Br2N2O4. The number of carbonyl (C=O) groups is 3. The van der Waals surface area contributed by atoms with Crippen molar-refractivity contribution in [3.05, 3.63) is 56.4 Å². The summed E-state index contributed by atoms with van der Waals surface area (Å²) in [6.07, 6.45) is 1.29. The number of hydrogen-bond donors (Lipinski definition) is 1. The van der Waals surface area contributed by atoms with Crippen molar-refractivity contribution in [3.63, 3.8) is 0 Å². The Balaban J connectivity index is 2.01. The van der Waals surface area contributed by atoms with Gasteiger partial charge in [0.15, 0.2) is 4.67 Å². The van der Waals surface area contributed by atoms with Crippen LogP contribution in [0.25, 0.3) is 6.08 Å². The average Bonchev–Trinajstić information content (AvgIpc) is 2.83. The molecule has 1 aliphatic rings. The minimum atomic E-state index is -0.784. The van der Waals surface area contributed by atoms with Crippen molar-refractivity contribution in [1.29, 1.82) is 0 Å². The van der Waals surface area contributed by atoms with E-state index in [1.807, 2.05) is 6.92 Å². The fourth-order valence-corrected chi connectivity index (χ4v) is 2.77. The highest BCUT2D eigenvalue weighted by Crippen LogP contribution is 2.29. The summed E-state index contributed by atoms with van der Waals surface area (Å²) < 4.78 is 6.43. The van der Waals surface area contributed by atoms with Crippen molar-refractivity contribution in [2.75, 3.05) is 4.90 Å². The molecule has 0 saturated carbocycles. The fraction of sp³-hybridized carbons (Fsp3) is 0.0625. The molecule has 3 rings (SSSR count). The van der Waals surface area contributed by atoms with Crippen LogP contribution in [0.2, 0.25) is 0 Å². The van der Waals surface area contributed by atoms with Crippen molar-refractivity contribution in [2.45, 2.75) is 6.92 Å². The number of aryl methyl sites for hydroxylation is 1. The number of amides is 4. The molecule has 2 aromatic rings. The van der Waals surface area contributed by atoms with Crippen LogP contribution >= 0.6 is 31.9 Å². The van der Waals surface area contributed by atoms with Gasteiger partial charge in [-0.15, -0.1) is 0 Å². The Morgan fingerprint density at radius 3 is 2.38 bits per heavy atom. The quantitative estimate of drug-likeness (QED) is 0.554. The smallest absolute Gasteiger partial charge is 0.335 e. The highest BCUT2D eigenvalue weighted by atomic mass is 79.9. The summed E-state index contributed by atoms with van der Waals surface area (Å²) in [7, 11) is 0. The number of rotatable bonds is 2. The largest absolute Gasteiger partial charge is 0.449 e. The number of halogens is 2. The molecule has 0 spiro atoms. The second-order valence-corrected chi connectivity index (χ2v) is 6.64. The Bertz CT molecular complexity index is 864. The first-order chi connectivity index (χ1) is 11.4. The van der Waals surface area contributed by atoms with Crippen molar-refractivity contribution in [3.8, 4) is 0 Å². The van der Waals surface area contributed by atoms with Gasteiger partial charge in [0.1, 0.15) is 11.3 Å². The van der Waals surface area contributed by atoms with Crippen molar-refractivity contribution < 1.29 is 18.8 Å². The highest BCUT2D eigenvalue weighted by Gasteiger charge is 2.37. The van der Waals surface area contributed by atoms with Gasteiger partial charge in [-0.25, -0.2) is 9.69 Å². The molecule has 2 heterocycles. The molecule has 1 aromatic carbocycles. The number of furan rings is 1. The predicted octanol–water partition coefficient (Wildman–Crippen LogP) is 3.78. The summed E-state index contributed by atoms with van der Waals surface area (Å²) in [6.45, 7) is 1.89. The molecule has 1 aliphatic heterocycles. The van der Waals surface area contributed by atoms with Crippen LogP contribution in [0.15, 0.2) is 49.5 Å². The number of barbiturate groups is 1. The molecule has 0 aliphatic carbocycles. The van der Waals surface area contributed by atoms with E-state index in [0.29, 0.717) is 20.6 Å². The fourth-order valence-electron chi connectivity index (χ4n) is 2.16. The Hall–Kier alpha value is -2.19. The first-order valence-corrected chi connectivity index (χ1v) is 8.38. The molecule has 0 radical (unpaired) electrons. The van der Waals surface area contributed by atoms with Gasteiger partial charge in [-0.3, -0.25) is 14.9 Å². The zero-order chi connectivity index (χ0) is 17.4. The summed E-state index contributed by atoms with van der Waals surface area (Å²) >= 11 is 6.44. The lowest BCUT2D eigenvalue weighted by Gasteiger charge is -2.26. The third-order valence-corrected chi connectivity index (χ3v) is 5.05. The normalized spacial score (nSPS) is 16.7. The maximum absolute atomic E-state index is 12.6. The lowest BCUT2D eigenvalue weighted by Crippen LogP contribution is -2.54. The molecule has 0 bridgehead atoms. The Morgan fingerprint density at radius 1 is 1.12 bits per heavy atom. The minimum Gasteiger partial charge on any atom is -0.449 e. The van der Waals surface area contributed by atoms with E-state index < -0.39 is 17.8 Å². The average molecular weight is 454 g/mol. The topological polar surface area (TPSA) is 79.6 Å². The first kappa shape index (κ1) is 16.7. The maximum Gasteiger partial charge on any atom is 0.335 e. The summed E-state index contributed by atoms with van der Waals surface area (Å²) in [5.74, 6) is -1.18. The molecule has 1 fully saturated rings. The van der Waals surface area contributed by atoms with E-state index in [4.69, 9.17) is 4.42 Å². The van der Waals surface area contributed by atoms with Gasteiger partial charge in [0.2, 0.25) is 0 Å². The van der Waals surface area contributed by atoms with Gasteiger partial charge < -0.3 is 4.42 Å². The SMILES string of the molecule is Cc1ccc(N2C(=O)NC(=O)C(=Cc3cc(Br)c(Br)o3)C2=O)cc1. The summed E-state index contributed by atoms with van der Waals surface area (Å²) in [5, 5.41) is 2.16. The molecule has 8 heteroatoms. The Kier molecular flexibility index (Phi) is 4.42. The third kappa shape index (κ3) is 3.07. The molecular weight excluding hydrogens is 444 g/mol. The molecule has 24 heavy (non-hydrogen) atoms. The van der Waals surface area contributed by atoms with Crippen LogP contribution in [0.4, 0.5) is 10.5 Å². The Labute approximate surface area is 153 Å². The lowest BCUT2D eigenvalue weighted by atomic mass is 10.1. The van der Waals surface area contributed by atoms with E-state index >= 15 is 0 Å². The second kappa shape index (κ2) is 6.37. The molecule has 122 valence electrons. The van der Waals surface area contributed by atoms with Crippen LogP contribution in [0.5, 0.6) is 0 Å². The van der Waals surface area contributed by atoms with Gasteiger partial charge in [-0.2, -0.15) is 0 Å². The number of urea groups is 1. The molecule has 1 N–H and O–H groups in total. The third-order valence-electron chi connectivity index (χ3n) is 3.34. The van der Waals surface area contributed by atoms with Gasteiger partial charge in [0.25, 0.3) is 11.8 Å². The zero-order valence-electron chi connectivity index (χ0n) is 12.3. The molecule has 0 atom stereocenters. The van der Waals surface area contributed by atoms with Crippen molar-refractivity contribution in [1.82, 2.24) is 5.32 Å². The van der Waals surface area contributed by atoms with E-state index in [2.05, 4.69) is 37.2 Å². The molecule has 4 amide bonds. The number of anilines is 1. The number of benzene rings is 1. The van der Waals surface area contributed by atoms with E-state index in [-0.39, 0.29) is 5.57 Å². The maximum atomic E-state index is 12.6. The van der Waals surface area contributed by atoms with Gasteiger partial charge in [0, 0.05) is 0 Å². The lowest BCUT2D eigenvalue weighted by molar-refractivity contribution is -0.122. The number of nitrogens with zero attached hydrogens (tertiary/aromatic N) is 1. The van der Waals surface area contributed by atoms with Crippen molar-refractivity contribution >= 4 is 61.5 Å². The van der Waals surface area contributed by atoms with Gasteiger partial charge in [-0.05, 0) is 63.1 Å². The number of carbonyl (C=O) groups excluding carboxylic acids is 3. The Morgan fingerprint density at radius 2 is 1.79 bits per heavy atom. The van der Waals surface area contributed by atoms with E-state index in [0.717, 1.165) is 10.5 Å². The second-order valence-electron chi connectivity index (χ2n) is 5.06. The summed E-state index contributed by atoms with van der Waals surface area (Å²) in [4.78, 5) is 37.6. The minimum absolute atomic E-state index is 0.191. The predicted molar refractivity (Wildman–Crippen MR) is 94.3 cm³/mol. The molecule has 0 unspecified atom stereocenters. The van der Waals surface area contributed by atoms with Crippen LogP contribution in [0.3, 0.4) is 0 Å². The monoisotopic (exact) mass is 452 g/mol. The molecule has 6 nitrogen and oxygen atoms in total. The van der Waals surface area contributed by atoms with Gasteiger partial charge in [-0.1, -0.05) is 17.7 Å². The van der Waals surface area contributed by atoms with E-state index in [9.17, 15) is 14.4 Å². The van der Waals surface area contributed by atoms with Crippen LogP contribution < -0.4 is 10.2 Å². The molecule has 1 saturated heterocycles. The van der Waals surface area contributed by atoms with E-state index in [1.54, 1.807) is 30.3 Å². The van der Waals surface area contributed by atoms with Crippen LogP contribution in [-0.2, 0) is 9.59 Å². The number of hydrogen-bond acceptors (Lipinski definition) is 4. The highest BCUT2D eigenvalue weighted by molar-refractivity contribution is 9.13. The number of imide groups is 2. The van der Waals surface area contributed by atoms with Crippen LogP contribution in [0.1, 0.15) is 11.3 Å². The van der Waals surface area contributed by atoms with Gasteiger partial charge in [0.05, 0.1) is 10.2 Å². The zero-order valence-corrected chi connectivity index (χ0v) is 15.5. The van der Waals surface area contributed by atoms with Gasteiger partial charge >= 0.3 is 6.03 Å². The summed E-state index contributed by atoms with van der Waals surface area (Å²) in [5.41, 5.74) is 1.17.